The third kappa shape index (κ3) is 2.66. The molecule has 0 aromatic carbocycles. The molecule has 2 aromatic heterocycles. The van der Waals surface area contributed by atoms with Crippen LogP contribution >= 0.6 is 23.4 Å². The van der Waals surface area contributed by atoms with Gasteiger partial charge in [-0.1, -0.05) is 23.4 Å². The van der Waals surface area contributed by atoms with Crippen LogP contribution < -0.4 is 4.90 Å². The van der Waals surface area contributed by atoms with Crippen molar-refractivity contribution in [3.8, 4) is 0 Å². The number of aliphatic hydroxyl groups is 1. The van der Waals surface area contributed by atoms with Crippen molar-refractivity contribution in [3.05, 3.63) is 17.4 Å². The van der Waals surface area contributed by atoms with Gasteiger partial charge in [0, 0.05) is 25.9 Å². The number of aliphatic hydroxyl groups excluding tert-OH is 1. The summed E-state index contributed by atoms with van der Waals surface area (Å²) in [4.78, 5) is 14.7. The molecule has 0 saturated carbocycles. The van der Waals surface area contributed by atoms with Crippen molar-refractivity contribution in [2.24, 2.45) is 0 Å². The van der Waals surface area contributed by atoms with Gasteiger partial charge >= 0.3 is 0 Å². The van der Waals surface area contributed by atoms with Crippen LogP contribution in [0.5, 0.6) is 0 Å². The summed E-state index contributed by atoms with van der Waals surface area (Å²) >= 11 is 7.47. The summed E-state index contributed by atoms with van der Waals surface area (Å²) in [6.45, 7) is 0.530. The molecule has 0 aliphatic heterocycles. The standard InChI is InChI=1S/C11H13ClN4OS/c1-16(3-4-17)10-7-6-13-11(18-2)14-8(7)5-9(12)15-10/h5-6,17H,3-4H2,1-2H3. The van der Waals surface area contributed by atoms with E-state index in [0.717, 1.165) is 10.9 Å². The lowest BCUT2D eigenvalue weighted by atomic mass is 10.3. The van der Waals surface area contributed by atoms with Crippen molar-refractivity contribution in [1.82, 2.24) is 15.0 Å². The Bertz CT molecular complexity index is 566. The number of thioether (sulfide) groups is 1. The molecule has 2 heterocycles. The number of nitrogens with zero attached hydrogens (tertiary/aromatic N) is 4. The number of hydrogen-bond donors (Lipinski definition) is 1. The highest BCUT2D eigenvalue weighted by atomic mass is 35.5. The Kier molecular flexibility index (Phi) is 4.21. The van der Waals surface area contributed by atoms with E-state index >= 15 is 0 Å². The zero-order chi connectivity index (χ0) is 13.1. The molecule has 96 valence electrons. The smallest absolute Gasteiger partial charge is 0.187 e. The molecular formula is C11H13ClN4OS. The van der Waals surface area contributed by atoms with Gasteiger partial charge < -0.3 is 10.0 Å². The van der Waals surface area contributed by atoms with E-state index in [1.165, 1.54) is 11.8 Å². The van der Waals surface area contributed by atoms with E-state index in [4.69, 9.17) is 16.7 Å². The molecule has 0 unspecified atom stereocenters. The van der Waals surface area contributed by atoms with Crippen LogP contribution in [-0.2, 0) is 0 Å². The predicted octanol–water partition coefficient (Wildman–Crippen LogP) is 1.83. The molecule has 18 heavy (non-hydrogen) atoms. The van der Waals surface area contributed by atoms with Gasteiger partial charge in [-0.3, -0.25) is 0 Å². The fourth-order valence-electron chi connectivity index (χ4n) is 1.61. The van der Waals surface area contributed by atoms with Crippen molar-refractivity contribution >= 4 is 40.1 Å². The van der Waals surface area contributed by atoms with Crippen LogP contribution in [0.3, 0.4) is 0 Å². The van der Waals surface area contributed by atoms with E-state index in [9.17, 15) is 0 Å². The van der Waals surface area contributed by atoms with Gasteiger partial charge in [0.05, 0.1) is 17.5 Å². The second kappa shape index (κ2) is 5.69. The zero-order valence-electron chi connectivity index (χ0n) is 10.1. The van der Waals surface area contributed by atoms with E-state index in [-0.39, 0.29) is 6.61 Å². The number of anilines is 1. The van der Waals surface area contributed by atoms with E-state index in [0.29, 0.717) is 22.7 Å². The quantitative estimate of drug-likeness (QED) is 0.525. The Morgan fingerprint density at radius 2 is 2.22 bits per heavy atom. The van der Waals surface area contributed by atoms with Crippen LogP contribution in [0, 0.1) is 0 Å². The molecule has 1 N–H and O–H groups in total. The molecular weight excluding hydrogens is 272 g/mol. The van der Waals surface area contributed by atoms with Gasteiger partial charge in [0.2, 0.25) is 0 Å². The molecule has 0 fully saturated rings. The first-order valence-electron chi connectivity index (χ1n) is 5.35. The number of fused-ring (bicyclic) bond motifs is 1. The van der Waals surface area contributed by atoms with Crippen LogP contribution in [0.2, 0.25) is 5.15 Å². The number of pyridine rings is 1. The first kappa shape index (κ1) is 13.3. The first-order valence-corrected chi connectivity index (χ1v) is 6.95. The van der Waals surface area contributed by atoms with Crippen molar-refractivity contribution in [2.45, 2.75) is 5.16 Å². The van der Waals surface area contributed by atoms with Crippen molar-refractivity contribution in [1.29, 1.82) is 0 Å². The molecule has 2 aromatic rings. The highest BCUT2D eigenvalue weighted by Crippen LogP contribution is 2.26. The molecule has 0 atom stereocenters. The SMILES string of the molecule is CSc1ncc2c(N(C)CCO)nc(Cl)cc2n1. The summed E-state index contributed by atoms with van der Waals surface area (Å²) in [6, 6.07) is 1.72. The Balaban J connectivity index is 2.58. The van der Waals surface area contributed by atoms with Crippen LogP contribution in [0.4, 0.5) is 5.82 Å². The maximum atomic E-state index is 8.98. The van der Waals surface area contributed by atoms with E-state index in [1.54, 1.807) is 12.3 Å². The maximum Gasteiger partial charge on any atom is 0.187 e. The predicted molar refractivity (Wildman–Crippen MR) is 74.5 cm³/mol. The van der Waals surface area contributed by atoms with E-state index in [1.807, 2.05) is 18.2 Å². The van der Waals surface area contributed by atoms with Crippen LogP contribution in [0.15, 0.2) is 17.4 Å². The fraction of sp³-hybridized carbons (Fsp3) is 0.364. The molecule has 0 bridgehead atoms. The van der Waals surface area contributed by atoms with Gasteiger partial charge in [-0.2, -0.15) is 0 Å². The topological polar surface area (TPSA) is 62.1 Å². The summed E-state index contributed by atoms with van der Waals surface area (Å²) in [7, 11) is 1.84. The second-order valence-corrected chi connectivity index (χ2v) is 4.86. The van der Waals surface area contributed by atoms with Gasteiger partial charge in [0.15, 0.2) is 5.16 Å². The van der Waals surface area contributed by atoms with E-state index in [2.05, 4.69) is 15.0 Å². The Labute approximate surface area is 114 Å². The normalized spacial score (nSPS) is 10.9. The minimum Gasteiger partial charge on any atom is -0.395 e. The minimum atomic E-state index is 0.0515. The van der Waals surface area contributed by atoms with Crippen LogP contribution in [-0.4, -0.2) is 46.5 Å². The molecule has 2 rings (SSSR count). The van der Waals surface area contributed by atoms with Crippen molar-refractivity contribution in [2.75, 3.05) is 31.4 Å². The fourth-order valence-corrected chi connectivity index (χ4v) is 2.14. The average Bonchev–Trinajstić information content (AvgIpc) is 2.37. The van der Waals surface area contributed by atoms with Gasteiger partial charge in [0.25, 0.3) is 0 Å². The Morgan fingerprint density at radius 3 is 2.89 bits per heavy atom. The molecule has 0 amide bonds. The Hall–Kier alpha value is -1.11. The van der Waals surface area contributed by atoms with Crippen molar-refractivity contribution in [3.63, 3.8) is 0 Å². The van der Waals surface area contributed by atoms with Gasteiger partial charge in [-0.15, -0.1) is 0 Å². The third-order valence-electron chi connectivity index (χ3n) is 2.49. The van der Waals surface area contributed by atoms with E-state index < -0.39 is 0 Å². The lowest BCUT2D eigenvalue weighted by molar-refractivity contribution is 0.304. The number of rotatable bonds is 4. The number of hydrogen-bond acceptors (Lipinski definition) is 6. The minimum absolute atomic E-state index is 0.0515. The average molecular weight is 285 g/mol. The third-order valence-corrected chi connectivity index (χ3v) is 3.24. The lowest BCUT2D eigenvalue weighted by Crippen LogP contribution is -2.22. The highest BCUT2D eigenvalue weighted by molar-refractivity contribution is 7.98. The first-order chi connectivity index (χ1) is 8.65. The molecule has 0 radical (unpaired) electrons. The summed E-state index contributed by atoms with van der Waals surface area (Å²) in [6.07, 6.45) is 3.66. The summed E-state index contributed by atoms with van der Waals surface area (Å²) < 4.78 is 0. The molecule has 0 aliphatic carbocycles. The van der Waals surface area contributed by atoms with Crippen LogP contribution in [0.25, 0.3) is 10.9 Å². The Morgan fingerprint density at radius 1 is 1.44 bits per heavy atom. The van der Waals surface area contributed by atoms with Crippen molar-refractivity contribution < 1.29 is 5.11 Å². The lowest BCUT2D eigenvalue weighted by Gasteiger charge is -2.18. The second-order valence-electron chi connectivity index (χ2n) is 3.70. The van der Waals surface area contributed by atoms with Crippen LogP contribution in [0.1, 0.15) is 0 Å². The summed E-state index contributed by atoms with van der Waals surface area (Å²) in [5.74, 6) is 0.680. The largest absolute Gasteiger partial charge is 0.395 e. The van der Waals surface area contributed by atoms with Gasteiger partial charge in [0.1, 0.15) is 11.0 Å². The molecule has 5 nitrogen and oxygen atoms in total. The molecule has 0 saturated heterocycles. The number of aromatic nitrogens is 3. The van der Waals surface area contributed by atoms with Gasteiger partial charge in [-0.25, -0.2) is 15.0 Å². The summed E-state index contributed by atoms with van der Waals surface area (Å²) in [5, 5.41) is 10.9. The highest BCUT2D eigenvalue weighted by Gasteiger charge is 2.11. The number of halogens is 1. The molecule has 0 aliphatic rings. The van der Waals surface area contributed by atoms with Gasteiger partial charge in [-0.05, 0) is 6.26 Å². The molecule has 0 spiro atoms. The summed E-state index contributed by atoms with van der Waals surface area (Å²) in [5.41, 5.74) is 0.758. The zero-order valence-corrected chi connectivity index (χ0v) is 11.7. The number of likely N-dealkylation sites (N-methyl/N-ethyl adjacent to an activating group) is 1. The maximum absolute atomic E-state index is 8.98. The monoisotopic (exact) mass is 284 g/mol. The molecule has 7 heteroatoms.